The van der Waals surface area contributed by atoms with E-state index in [0.29, 0.717) is 6.42 Å². The zero-order chi connectivity index (χ0) is 15.2. The molecule has 0 fully saturated rings. The summed E-state index contributed by atoms with van der Waals surface area (Å²) in [5, 5.41) is 0. The van der Waals surface area contributed by atoms with Gasteiger partial charge in [-0.1, -0.05) is 24.3 Å². The Kier molecular flexibility index (Phi) is 5.32. The molecule has 0 heterocycles. The van der Waals surface area contributed by atoms with E-state index >= 15 is 0 Å². The monoisotopic (exact) mass is 305 g/mol. The maximum atomic E-state index is 11.7. The van der Waals surface area contributed by atoms with E-state index in [1.165, 1.54) is 0 Å². The first-order valence-corrected chi connectivity index (χ1v) is 7.84. The van der Waals surface area contributed by atoms with E-state index in [2.05, 4.69) is 0 Å². The molecular formula is C16H18O4P+. The van der Waals surface area contributed by atoms with E-state index in [4.69, 9.17) is 9.47 Å². The first kappa shape index (κ1) is 15.5. The average Bonchev–Trinajstić information content (AvgIpc) is 2.53. The molecule has 0 saturated carbocycles. The van der Waals surface area contributed by atoms with Crippen LogP contribution < -0.4 is 9.47 Å². The van der Waals surface area contributed by atoms with Gasteiger partial charge in [-0.2, -0.15) is 4.89 Å². The molecule has 0 amide bonds. The molecule has 4 nitrogen and oxygen atoms in total. The van der Waals surface area contributed by atoms with Gasteiger partial charge in [-0.25, -0.2) is 0 Å². The van der Waals surface area contributed by atoms with Crippen molar-refractivity contribution in [1.82, 2.24) is 0 Å². The van der Waals surface area contributed by atoms with Crippen LogP contribution in [0.25, 0.3) is 0 Å². The molecule has 1 N–H and O–H groups in total. The van der Waals surface area contributed by atoms with E-state index in [1.54, 1.807) is 26.4 Å². The molecular weight excluding hydrogens is 287 g/mol. The van der Waals surface area contributed by atoms with Gasteiger partial charge in [0.1, 0.15) is 11.5 Å². The largest absolute Gasteiger partial charge is 0.513 e. The number of methoxy groups -OCH3 is 2. The van der Waals surface area contributed by atoms with Crippen LogP contribution in [0.15, 0.2) is 48.5 Å². The molecule has 2 aromatic rings. The van der Waals surface area contributed by atoms with Crippen LogP contribution in [-0.2, 0) is 11.0 Å². The fraction of sp³-hybridized carbons (Fsp3) is 0.250. The molecule has 0 aromatic heterocycles. The molecule has 0 spiro atoms. The Bertz CT molecular complexity index is 593. The highest BCUT2D eigenvalue weighted by Gasteiger charge is 2.31. The van der Waals surface area contributed by atoms with Gasteiger partial charge in [-0.3, -0.25) is 0 Å². The average molecular weight is 305 g/mol. The van der Waals surface area contributed by atoms with Crippen LogP contribution >= 0.6 is 8.03 Å². The number of ether oxygens (including phenoxy) is 2. The zero-order valence-corrected chi connectivity index (χ0v) is 12.9. The molecule has 5 heteroatoms. The Hall–Kier alpha value is -1.90. The molecule has 0 radical (unpaired) electrons. The van der Waals surface area contributed by atoms with E-state index in [0.717, 1.165) is 22.6 Å². The lowest BCUT2D eigenvalue weighted by Crippen LogP contribution is -1.99. The van der Waals surface area contributed by atoms with Gasteiger partial charge in [0.25, 0.3) is 0 Å². The van der Waals surface area contributed by atoms with Crippen LogP contribution in [0.5, 0.6) is 11.5 Å². The topological polar surface area (TPSA) is 55.8 Å². The summed E-state index contributed by atoms with van der Waals surface area (Å²) < 4.78 is 21.9. The molecule has 2 rings (SSSR count). The van der Waals surface area contributed by atoms with Crippen molar-refractivity contribution in [2.75, 3.05) is 14.2 Å². The summed E-state index contributed by atoms with van der Waals surface area (Å²) in [7, 11) is 0.893. The zero-order valence-electron chi connectivity index (χ0n) is 12.0. The predicted octanol–water partition coefficient (Wildman–Crippen LogP) is 3.72. The van der Waals surface area contributed by atoms with Gasteiger partial charge >= 0.3 is 8.03 Å². The molecule has 2 unspecified atom stereocenters. The number of hydrogen-bond acceptors (Lipinski definition) is 3. The van der Waals surface area contributed by atoms with Crippen molar-refractivity contribution in [3.8, 4) is 11.5 Å². The SMILES string of the molecule is COc1ccc(CC(c2ccc(OC)cc2)[P+](=O)O)cc1. The minimum Gasteiger partial charge on any atom is -0.497 e. The van der Waals surface area contributed by atoms with Gasteiger partial charge in [0.15, 0.2) is 0 Å². The van der Waals surface area contributed by atoms with E-state index in [1.807, 2.05) is 36.4 Å². The fourth-order valence-electron chi connectivity index (χ4n) is 2.13. The molecule has 0 aliphatic rings. The molecule has 21 heavy (non-hydrogen) atoms. The number of rotatable bonds is 6. The first-order chi connectivity index (χ1) is 10.1. The smallest absolute Gasteiger partial charge is 0.497 e. The van der Waals surface area contributed by atoms with Crippen LogP contribution in [0.1, 0.15) is 16.8 Å². The summed E-state index contributed by atoms with van der Waals surface area (Å²) in [6.07, 6.45) is 0.502. The van der Waals surface area contributed by atoms with Gasteiger partial charge in [0.05, 0.1) is 14.2 Å². The van der Waals surface area contributed by atoms with E-state index < -0.39 is 13.7 Å². The third-order valence-electron chi connectivity index (χ3n) is 3.36. The lowest BCUT2D eigenvalue weighted by molar-refractivity contribution is 0.414. The Labute approximate surface area is 125 Å². The van der Waals surface area contributed by atoms with Crippen molar-refractivity contribution >= 4 is 8.03 Å². The summed E-state index contributed by atoms with van der Waals surface area (Å²) in [6.45, 7) is 0. The van der Waals surface area contributed by atoms with Gasteiger partial charge in [-0.05, 0) is 34.4 Å². The maximum Gasteiger partial charge on any atom is 0.513 e. The van der Waals surface area contributed by atoms with Gasteiger partial charge in [0, 0.05) is 12.0 Å². The summed E-state index contributed by atoms with van der Waals surface area (Å²) in [6, 6.07) is 14.8. The molecule has 0 aliphatic heterocycles. The second-order valence-electron chi connectivity index (χ2n) is 4.64. The number of benzene rings is 2. The minimum atomic E-state index is -2.31. The van der Waals surface area contributed by atoms with Crippen molar-refractivity contribution in [2.24, 2.45) is 0 Å². The van der Waals surface area contributed by atoms with Crippen molar-refractivity contribution in [3.63, 3.8) is 0 Å². The predicted molar refractivity (Wildman–Crippen MR) is 82.3 cm³/mol. The van der Waals surface area contributed by atoms with Crippen molar-refractivity contribution in [3.05, 3.63) is 59.7 Å². The second kappa shape index (κ2) is 7.21. The summed E-state index contributed by atoms with van der Waals surface area (Å²) in [5.41, 5.74) is 1.39. The Morgan fingerprint density at radius 1 is 0.952 bits per heavy atom. The number of hydrogen-bond donors (Lipinski definition) is 1. The van der Waals surface area contributed by atoms with Gasteiger partial charge in [0.2, 0.25) is 5.66 Å². The van der Waals surface area contributed by atoms with E-state index in [9.17, 15) is 9.46 Å². The Balaban J connectivity index is 2.19. The summed E-state index contributed by atoms with van der Waals surface area (Å²) >= 11 is 0. The van der Waals surface area contributed by atoms with Crippen molar-refractivity contribution in [1.29, 1.82) is 0 Å². The maximum absolute atomic E-state index is 11.7. The van der Waals surface area contributed by atoms with Crippen LogP contribution in [0.3, 0.4) is 0 Å². The van der Waals surface area contributed by atoms with Gasteiger partial charge in [-0.15, -0.1) is 0 Å². The lowest BCUT2D eigenvalue weighted by Gasteiger charge is -2.08. The summed E-state index contributed by atoms with van der Waals surface area (Å²) in [5.74, 6) is 1.50. The first-order valence-electron chi connectivity index (χ1n) is 6.56. The van der Waals surface area contributed by atoms with Crippen molar-refractivity contribution < 1.29 is 18.9 Å². The Morgan fingerprint density at radius 2 is 1.43 bits per heavy atom. The highest BCUT2D eigenvalue weighted by molar-refractivity contribution is 7.38. The van der Waals surface area contributed by atoms with Crippen LogP contribution in [0, 0.1) is 0 Å². The quantitative estimate of drug-likeness (QED) is 0.826. The van der Waals surface area contributed by atoms with E-state index in [-0.39, 0.29) is 0 Å². The molecule has 2 aromatic carbocycles. The molecule has 0 bridgehead atoms. The molecule has 110 valence electrons. The normalized spacial score (nSPS) is 12.6. The van der Waals surface area contributed by atoms with Crippen molar-refractivity contribution in [2.45, 2.75) is 12.1 Å². The third-order valence-corrected chi connectivity index (χ3v) is 4.37. The molecule has 0 aliphatic carbocycles. The van der Waals surface area contributed by atoms with Gasteiger partial charge < -0.3 is 9.47 Å². The fourth-order valence-corrected chi connectivity index (χ4v) is 2.93. The van der Waals surface area contributed by atoms with Crippen LogP contribution in [0.4, 0.5) is 0 Å². The van der Waals surface area contributed by atoms with Crippen LogP contribution in [-0.4, -0.2) is 19.1 Å². The van der Waals surface area contributed by atoms with Crippen LogP contribution in [0.2, 0.25) is 0 Å². The Morgan fingerprint density at radius 3 is 1.86 bits per heavy atom. The third kappa shape index (κ3) is 4.03. The highest BCUT2D eigenvalue weighted by atomic mass is 31.1. The molecule has 0 saturated heterocycles. The standard InChI is InChI=1S/C16H17O4P/c1-19-14-7-3-12(4-8-14)11-16(21(17)18)13-5-9-15(20-2)10-6-13/h3-10,16H,11H2,1-2H3/p+1. The summed E-state index contributed by atoms with van der Waals surface area (Å²) in [4.78, 5) is 9.61. The highest BCUT2D eigenvalue weighted by Crippen LogP contribution is 2.40. The second-order valence-corrected chi connectivity index (χ2v) is 5.87. The minimum absolute atomic E-state index is 0.431. The lowest BCUT2D eigenvalue weighted by atomic mass is 10.0. The molecule has 2 atom stereocenters.